The minimum atomic E-state index is 0. The molecule has 0 bridgehead atoms. The Hall–Kier alpha value is -1.27. The number of hydrogen-bond acceptors (Lipinski definition) is 5. The average Bonchev–Trinajstić information content (AvgIpc) is 3.27. The van der Waals surface area contributed by atoms with Crippen molar-refractivity contribution in [2.24, 2.45) is 0 Å². The van der Waals surface area contributed by atoms with E-state index in [2.05, 4.69) is 22.8 Å². The molecule has 1 aliphatic rings. The van der Waals surface area contributed by atoms with E-state index in [0.29, 0.717) is 12.7 Å². The Morgan fingerprint density at radius 2 is 2.21 bits per heavy atom. The molecule has 4 nitrogen and oxygen atoms in total. The second-order valence-electron chi connectivity index (χ2n) is 5.62. The molecule has 0 saturated carbocycles. The van der Waals surface area contributed by atoms with Crippen LogP contribution in [0.5, 0.6) is 11.5 Å². The van der Waals surface area contributed by atoms with Crippen molar-refractivity contribution in [2.75, 3.05) is 20.3 Å². The normalized spacial score (nSPS) is 16.6. The summed E-state index contributed by atoms with van der Waals surface area (Å²) in [4.78, 5) is 1.20. The number of halogens is 1. The van der Waals surface area contributed by atoms with E-state index in [9.17, 15) is 0 Å². The summed E-state index contributed by atoms with van der Waals surface area (Å²) in [5, 5.41) is 5.50. The van der Waals surface area contributed by atoms with Gasteiger partial charge in [0.05, 0.1) is 13.2 Å². The summed E-state index contributed by atoms with van der Waals surface area (Å²) >= 11 is 1.69. The van der Waals surface area contributed by atoms with Crippen LogP contribution in [0, 0.1) is 0 Å². The monoisotopic (exact) mass is 368 g/mol. The molecule has 1 unspecified atom stereocenters. The summed E-state index contributed by atoms with van der Waals surface area (Å²) in [6.45, 7) is 3.18. The van der Waals surface area contributed by atoms with Crippen LogP contribution in [0.4, 0.5) is 0 Å². The van der Waals surface area contributed by atoms with Gasteiger partial charge in [0.2, 0.25) is 0 Å². The van der Waals surface area contributed by atoms with Gasteiger partial charge in [0.1, 0.15) is 6.61 Å². The number of hydrogen-bond donors (Lipinski definition) is 1. The molecule has 0 aliphatic carbocycles. The molecule has 1 saturated heterocycles. The van der Waals surface area contributed by atoms with Crippen LogP contribution in [0.15, 0.2) is 35.7 Å². The van der Waals surface area contributed by atoms with Gasteiger partial charge in [0.25, 0.3) is 0 Å². The summed E-state index contributed by atoms with van der Waals surface area (Å²) in [6.07, 6.45) is 2.70. The quantitative estimate of drug-likeness (QED) is 0.741. The lowest BCUT2D eigenvalue weighted by Gasteiger charge is -2.13. The second-order valence-corrected chi connectivity index (χ2v) is 6.65. The Bertz CT molecular complexity index is 600. The standard InChI is InChI=1S/C18H23NO3S.ClH/c1-20-18-10-14(11-19-12-15-4-2-8-21-15)6-7-17(18)22-13-16-5-3-9-23-16;/h3,5-7,9-10,15,19H,2,4,8,11-13H2,1H3;1H/p-1. The van der Waals surface area contributed by atoms with Crippen molar-refractivity contribution in [3.63, 3.8) is 0 Å². The third-order valence-electron chi connectivity index (χ3n) is 3.90. The lowest BCUT2D eigenvalue weighted by molar-refractivity contribution is -0.00000651. The molecule has 2 aromatic rings. The number of ether oxygens (including phenoxy) is 3. The fourth-order valence-corrected chi connectivity index (χ4v) is 3.28. The van der Waals surface area contributed by atoms with Crippen LogP contribution in [0.2, 0.25) is 0 Å². The van der Waals surface area contributed by atoms with Gasteiger partial charge in [0, 0.05) is 24.6 Å². The maximum absolute atomic E-state index is 5.86. The van der Waals surface area contributed by atoms with Gasteiger partial charge in [-0.25, -0.2) is 0 Å². The first-order valence-corrected chi connectivity index (χ1v) is 8.87. The zero-order chi connectivity index (χ0) is 15.9. The van der Waals surface area contributed by atoms with Crippen molar-refractivity contribution < 1.29 is 26.6 Å². The smallest absolute Gasteiger partial charge is 0.161 e. The van der Waals surface area contributed by atoms with E-state index in [4.69, 9.17) is 14.2 Å². The maximum atomic E-state index is 5.86. The first-order valence-electron chi connectivity index (χ1n) is 7.99. The highest BCUT2D eigenvalue weighted by Crippen LogP contribution is 2.29. The Balaban J connectivity index is 0.00000208. The minimum Gasteiger partial charge on any atom is -1.00 e. The van der Waals surface area contributed by atoms with Gasteiger partial charge in [-0.05, 0) is 42.0 Å². The molecule has 1 aromatic carbocycles. The zero-order valence-corrected chi connectivity index (χ0v) is 15.4. The summed E-state index contributed by atoms with van der Waals surface area (Å²) in [5.74, 6) is 1.56. The van der Waals surface area contributed by atoms with Crippen molar-refractivity contribution in [3.05, 3.63) is 46.2 Å². The molecule has 132 valence electrons. The Morgan fingerprint density at radius 3 is 2.92 bits per heavy atom. The van der Waals surface area contributed by atoms with Gasteiger partial charge in [-0.15, -0.1) is 11.3 Å². The number of nitrogens with one attached hydrogen (secondary N) is 1. The molecule has 6 heteroatoms. The van der Waals surface area contributed by atoms with E-state index >= 15 is 0 Å². The number of methoxy groups -OCH3 is 1. The fraction of sp³-hybridized carbons (Fsp3) is 0.444. The van der Waals surface area contributed by atoms with Crippen LogP contribution in [0.1, 0.15) is 23.3 Å². The number of benzene rings is 1. The largest absolute Gasteiger partial charge is 1.00 e. The molecule has 1 N–H and O–H groups in total. The number of thiophene rings is 1. The summed E-state index contributed by atoms with van der Waals surface area (Å²) < 4.78 is 16.9. The summed E-state index contributed by atoms with van der Waals surface area (Å²) in [7, 11) is 1.68. The SMILES string of the molecule is COc1cc(CNCC2CCCO2)ccc1OCc1cccs1.[Cl-]. The Morgan fingerprint density at radius 1 is 1.29 bits per heavy atom. The highest BCUT2D eigenvalue weighted by molar-refractivity contribution is 7.09. The van der Waals surface area contributed by atoms with Crippen LogP contribution >= 0.6 is 11.3 Å². The van der Waals surface area contributed by atoms with Crippen LogP contribution in [-0.4, -0.2) is 26.4 Å². The van der Waals surface area contributed by atoms with E-state index in [1.165, 1.54) is 16.9 Å². The molecule has 1 atom stereocenters. The van der Waals surface area contributed by atoms with Crippen molar-refractivity contribution in [1.82, 2.24) is 5.32 Å². The van der Waals surface area contributed by atoms with E-state index in [1.54, 1.807) is 18.4 Å². The summed E-state index contributed by atoms with van der Waals surface area (Å²) in [5.41, 5.74) is 1.18. The van der Waals surface area contributed by atoms with Gasteiger partial charge in [0.15, 0.2) is 11.5 Å². The molecule has 1 aliphatic heterocycles. The van der Waals surface area contributed by atoms with Gasteiger partial charge in [-0.3, -0.25) is 0 Å². The zero-order valence-electron chi connectivity index (χ0n) is 13.8. The van der Waals surface area contributed by atoms with Crippen molar-refractivity contribution in [2.45, 2.75) is 32.1 Å². The topological polar surface area (TPSA) is 39.7 Å². The van der Waals surface area contributed by atoms with Gasteiger partial charge in [-0.1, -0.05) is 12.1 Å². The van der Waals surface area contributed by atoms with E-state index in [0.717, 1.165) is 37.6 Å². The first-order chi connectivity index (χ1) is 11.3. The molecule has 24 heavy (non-hydrogen) atoms. The van der Waals surface area contributed by atoms with E-state index in [-0.39, 0.29) is 12.4 Å². The average molecular weight is 369 g/mol. The molecule has 3 rings (SSSR count). The van der Waals surface area contributed by atoms with E-state index in [1.807, 2.05) is 18.2 Å². The highest BCUT2D eigenvalue weighted by Gasteiger charge is 2.14. The van der Waals surface area contributed by atoms with Gasteiger partial charge >= 0.3 is 0 Å². The van der Waals surface area contributed by atoms with Gasteiger partial charge < -0.3 is 31.9 Å². The molecule has 0 radical (unpaired) electrons. The highest BCUT2D eigenvalue weighted by atomic mass is 35.5. The van der Waals surface area contributed by atoms with Crippen molar-refractivity contribution in [1.29, 1.82) is 0 Å². The number of rotatable bonds is 8. The van der Waals surface area contributed by atoms with Crippen LogP contribution in [0.25, 0.3) is 0 Å². The Kier molecular flexibility index (Phi) is 7.85. The third-order valence-corrected chi connectivity index (χ3v) is 4.75. The van der Waals surface area contributed by atoms with Crippen molar-refractivity contribution >= 4 is 11.3 Å². The molecular weight excluding hydrogens is 346 g/mol. The van der Waals surface area contributed by atoms with Crippen LogP contribution in [0.3, 0.4) is 0 Å². The van der Waals surface area contributed by atoms with Gasteiger partial charge in [-0.2, -0.15) is 0 Å². The molecule has 0 amide bonds. The van der Waals surface area contributed by atoms with Crippen LogP contribution in [-0.2, 0) is 17.9 Å². The lowest BCUT2D eigenvalue weighted by atomic mass is 10.2. The molecule has 1 fully saturated rings. The summed E-state index contributed by atoms with van der Waals surface area (Å²) in [6, 6.07) is 10.2. The van der Waals surface area contributed by atoms with Crippen molar-refractivity contribution in [3.8, 4) is 11.5 Å². The third kappa shape index (κ3) is 5.38. The lowest BCUT2D eigenvalue weighted by Crippen LogP contribution is -3.00. The predicted octanol–water partition coefficient (Wildman–Crippen LogP) is 0.608. The fourth-order valence-electron chi connectivity index (χ4n) is 2.67. The van der Waals surface area contributed by atoms with Crippen LogP contribution < -0.4 is 27.2 Å². The first kappa shape index (κ1) is 19.1. The predicted molar refractivity (Wildman–Crippen MR) is 92.3 cm³/mol. The minimum absolute atomic E-state index is 0. The Labute approximate surface area is 153 Å². The second kappa shape index (κ2) is 9.89. The molecular formula is C18H23ClNO3S-. The van der Waals surface area contributed by atoms with E-state index < -0.39 is 0 Å². The molecule has 2 heterocycles. The maximum Gasteiger partial charge on any atom is 0.161 e. The molecule has 0 spiro atoms. The molecule has 1 aromatic heterocycles.